The smallest absolute Gasteiger partial charge is 0.223 e. The van der Waals surface area contributed by atoms with Gasteiger partial charge in [0.25, 0.3) is 0 Å². The van der Waals surface area contributed by atoms with Crippen molar-refractivity contribution in [2.75, 3.05) is 40.4 Å². The molecule has 1 aliphatic rings. The largest absolute Gasteiger partial charge is 0.385 e. The highest BCUT2D eigenvalue weighted by Crippen LogP contribution is 2.25. The lowest BCUT2D eigenvalue weighted by atomic mass is 10.0. The van der Waals surface area contributed by atoms with E-state index in [1.807, 2.05) is 12.1 Å². The highest BCUT2D eigenvalue weighted by atomic mass is 16.5. The third-order valence-electron chi connectivity index (χ3n) is 6.34. The molecular weight excluding hydrogens is 400 g/mol. The van der Waals surface area contributed by atoms with Crippen molar-refractivity contribution in [2.45, 2.75) is 38.8 Å². The summed E-state index contributed by atoms with van der Waals surface area (Å²) < 4.78 is 10.4. The Hall–Kier alpha value is -2.54. The number of piperidine rings is 1. The first kappa shape index (κ1) is 22.6. The lowest BCUT2D eigenvalue weighted by molar-refractivity contribution is 0.1000. The molecule has 170 valence electrons. The van der Waals surface area contributed by atoms with Crippen LogP contribution in [0.5, 0.6) is 0 Å². The van der Waals surface area contributed by atoms with E-state index in [-0.39, 0.29) is 0 Å². The highest BCUT2D eigenvalue weighted by molar-refractivity contribution is 5.67. The van der Waals surface area contributed by atoms with Crippen molar-refractivity contribution in [3.63, 3.8) is 0 Å². The lowest BCUT2D eigenvalue weighted by Gasteiger charge is -2.37. The second-order valence-electron chi connectivity index (χ2n) is 8.76. The molecule has 32 heavy (non-hydrogen) atoms. The molecule has 0 N–H and O–H groups in total. The summed E-state index contributed by atoms with van der Waals surface area (Å²) in [4.78, 5) is 9.39. The summed E-state index contributed by atoms with van der Waals surface area (Å²) in [6.07, 6.45) is 3.56. The summed E-state index contributed by atoms with van der Waals surface area (Å²) in [6.45, 7) is 7.07. The van der Waals surface area contributed by atoms with Crippen LogP contribution >= 0.6 is 0 Å². The van der Waals surface area contributed by atoms with Crippen molar-refractivity contribution in [1.82, 2.24) is 19.9 Å². The van der Waals surface area contributed by atoms with E-state index in [4.69, 9.17) is 9.26 Å². The van der Waals surface area contributed by atoms with E-state index in [1.165, 1.54) is 42.6 Å². The van der Waals surface area contributed by atoms with Crippen molar-refractivity contribution in [3.05, 3.63) is 60.0 Å². The Morgan fingerprint density at radius 1 is 1.00 bits per heavy atom. The Bertz CT molecular complexity index is 960. The summed E-state index contributed by atoms with van der Waals surface area (Å²) in [6, 6.07) is 18.0. The Balaban J connectivity index is 1.42. The number of aromatic nitrogens is 2. The number of likely N-dealkylation sites (tertiary alicyclic amines) is 1. The number of hydrogen-bond acceptors (Lipinski definition) is 6. The summed E-state index contributed by atoms with van der Waals surface area (Å²) in [5.41, 5.74) is 4.73. The minimum atomic E-state index is 0.580. The predicted molar refractivity (Wildman–Crippen MR) is 127 cm³/mol. The molecule has 3 aromatic rings. The molecule has 0 unspecified atom stereocenters. The summed E-state index contributed by atoms with van der Waals surface area (Å²) >= 11 is 0. The van der Waals surface area contributed by atoms with Crippen molar-refractivity contribution < 1.29 is 9.26 Å². The highest BCUT2D eigenvalue weighted by Gasteiger charge is 2.23. The molecule has 0 radical (unpaired) electrons. The first-order chi connectivity index (χ1) is 15.6. The molecule has 2 heterocycles. The molecule has 1 saturated heterocycles. The summed E-state index contributed by atoms with van der Waals surface area (Å²) in [7, 11) is 4.01. The maximum absolute atomic E-state index is 5.30. The third kappa shape index (κ3) is 5.82. The van der Waals surface area contributed by atoms with E-state index in [1.54, 1.807) is 14.0 Å². The topological polar surface area (TPSA) is 54.6 Å². The van der Waals surface area contributed by atoms with Crippen LogP contribution in [0.15, 0.2) is 53.1 Å². The first-order valence-corrected chi connectivity index (χ1v) is 11.5. The first-order valence-electron chi connectivity index (χ1n) is 11.5. The van der Waals surface area contributed by atoms with E-state index in [9.17, 15) is 0 Å². The van der Waals surface area contributed by atoms with Crippen LogP contribution in [0.4, 0.5) is 0 Å². The van der Waals surface area contributed by atoms with Gasteiger partial charge in [-0.1, -0.05) is 53.7 Å². The van der Waals surface area contributed by atoms with Gasteiger partial charge >= 0.3 is 0 Å². The van der Waals surface area contributed by atoms with Crippen molar-refractivity contribution >= 4 is 0 Å². The Morgan fingerprint density at radius 2 is 1.62 bits per heavy atom. The maximum atomic E-state index is 5.30. The second kappa shape index (κ2) is 10.9. The molecule has 1 aliphatic heterocycles. The van der Waals surface area contributed by atoms with Crippen molar-refractivity contribution in [1.29, 1.82) is 0 Å². The number of aryl methyl sites for hydroxylation is 1. The van der Waals surface area contributed by atoms with Gasteiger partial charge in [-0.3, -0.25) is 4.90 Å². The normalized spacial score (nSPS) is 15.5. The number of benzene rings is 2. The van der Waals surface area contributed by atoms with E-state index >= 15 is 0 Å². The second-order valence-corrected chi connectivity index (χ2v) is 8.76. The molecule has 4 rings (SSSR count). The van der Waals surface area contributed by atoms with Crippen LogP contribution in [0.2, 0.25) is 0 Å². The van der Waals surface area contributed by atoms with Crippen LogP contribution in [0.1, 0.15) is 30.7 Å². The molecular formula is C26H34N4O2. The zero-order valence-electron chi connectivity index (χ0n) is 19.5. The third-order valence-corrected chi connectivity index (χ3v) is 6.34. The van der Waals surface area contributed by atoms with Gasteiger partial charge in [0.1, 0.15) is 0 Å². The van der Waals surface area contributed by atoms with Gasteiger partial charge in [-0.2, -0.15) is 4.98 Å². The molecule has 1 aromatic heterocycles. The van der Waals surface area contributed by atoms with Gasteiger partial charge in [0.2, 0.25) is 11.7 Å². The molecule has 0 atom stereocenters. The van der Waals surface area contributed by atoms with Gasteiger partial charge in [0, 0.05) is 45.3 Å². The fraction of sp³-hybridized carbons (Fsp3) is 0.462. The zero-order valence-corrected chi connectivity index (χ0v) is 19.5. The Kier molecular flexibility index (Phi) is 7.68. The molecule has 0 aliphatic carbocycles. The summed E-state index contributed by atoms with van der Waals surface area (Å²) in [5.74, 6) is 1.21. The van der Waals surface area contributed by atoms with Gasteiger partial charge in [-0.25, -0.2) is 0 Å². The maximum Gasteiger partial charge on any atom is 0.223 e. The number of hydrogen-bond donors (Lipinski definition) is 0. The SMILES string of the molecule is COCCCN(Cc1ccc(-c2ccc(-c3noc(C)n3)cc2)cc1)C1CCN(C)CC1. The van der Waals surface area contributed by atoms with Gasteiger partial charge in [-0.05, 0) is 56.1 Å². The fourth-order valence-electron chi connectivity index (χ4n) is 4.43. The molecule has 0 spiro atoms. The average molecular weight is 435 g/mol. The monoisotopic (exact) mass is 434 g/mol. The van der Waals surface area contributed by atoms with E-state index in [2.05, 4.69) is 63.4 Å². The van der Waals surface area contributed by atoms with E-state index in [0.717, 1.165) is 31.7 Å². The van der Waals surface area contributed by atoms with Gasteiger partial charge in [-0.15, -0.1) is 0 Å². The van der Waals surface area contributed by atoms with Crippen molar-refractivity contribution in [2.24, 2.45) is 0 Å². The van der Waals surface area contributed by atoms with Crippen LogP contribution in [0, 0.1) is 6.92 Å². The zero-order chi connectivity index (χ0) is 22.3. The number of methoxy groups -OCH3 is 1. The van der Waals surface area contributed by atoms with Gasteiger partial charge < -0.3 is 14.2 Å². The van der Waals surface area contributed by atoms with Gasteiger partial charge in [0.15, 0.2) is 0 Å². The molecule has 0 amide bonds. The standard InChI is InChI=1S/C26H34N4O2/c1-20-27-26(28-32-20)24-11-9-23(10-12-24)22-7-5-21(6-8-22)19-30(15-4-18-31-3)25-13-16-29(2)17-14-25/h5-12,25H,4,13-19H2,1-3H3. The van der Waals surface area contributed by atoms with Crippen LogP contribution in [-0.4, -0.2) is 66.4 Å². The van der Waals surface area contributed by atoms with Crippen LogP contribution in [0.3, 0.4) is 0 Å². The minimum absolute atomic E-state index is 0.580. The van der Waals surface area contributed by atoms with Crippen LogP contribution < -0.4 is 0 Å². The average Bonchev–Trinajstić information content (AvgIpc) is 3.26. The molecule has 0 saturated carbocycles. The van der Waals surface area contributed by atoms with Gasteiger partial charge in [0.05, 0.1) is 0 Å². The van der Waals surface area contributed by atoms with E-state index < -0.39 is 0 Å². The quantitative estimate of drug-likeness (QED) is 0.457. The number of nitrogens with zero attached hydrogens (tertiary/aromatic N) is 4. The molecule has 0 bridgehead atoms. The summed E-state index contributed by atoms with van der Waals surface area (Å²) in [5, 5.41) is 4.00. The number of rotatable bonds is 9. The minimum Gasteiger partial charge on any atom is -0.385 e. The molecule has 2 aromatic carbocycles. The van der Waals surface area contributed by atoms with E-state index in [0.29, 0.717) is 17.8 Å². The Labute approximate surface area is 191 Å². The predicted octanol–water partition coefficient (Wildman–Crippen LogP) is 4.64. The lowest BCUT2D eigenvalue weighted by Crippen LogP contribution is -2.43. The fourth-order valence-corrected chi connectivity index (χ4v) is 4.43. The molecule has 6 heteroatoms. The molecule has 6 nitrogen and oxygen atoms in total. The van der Waals surface area contributed by atoms with Crippen molar-refractivity contribution in [3.8, 4) is 22.5 Å². The van der Waals surface area contributed by atoms with Crippen LogP contribution in [-0.2, 0) is 11.3 Å². The Morgan fingerprint density at radius 3 is 2.22 bits per heavy atom. The molecule has 1 fully saturated rings. The number of ether oxygens (including phenoxy) is 1. The van der Waals surface area contributed by atoms with Crippen LogP contribution in [0.25, 0.3) is 22.5 Å².